The molecular formula is C4H16F8O12. The third-order valence-corrected chi connectivity index (χ3v) is 0. The van der Waals surface area contributed by atoms with Crippen LogP contribution in [0, 0.1) is 0 Å². The number of carboxylic acid groups (broad SMARTS) is 8. The smallest absolute Gasteiger partial charge is 0.450 e. The zero-order valence-corrected chi connectivity index (χ0v) is 10.5. The fourth-order valence-electron chi connectivity index (χ4n) is 0. The molecule has 0 amide bonds. The van der Waals surface area contributed by atoms with Crippen molar-refractivity contribution in [1.82, 2.24) is 0 Å². The lowest BCUT2D eigenvalue weighted by atomic mass is 11.5. The summed E-state index contributed by atoms with van der Waals surface area (Å²) in [6.07, 6.45) is -7.33. The Morgan fingerprint density at radius 3 is 0.292 bits per heavy atom. The van der Waals surface area contributed by atoms with Gasteiger partial charge >= 0.3 is 24.6 Å². The normalized spacial score (nSPS) is 4.00. The molecule has 0 aromatic rings. The predicted octanol–water partition coefficient (Wildman–Crippen LogP) is 2.11. The summed E-state index contributed by atoms with van der Waals surface area (Å²) in [5.74, 6) is 0. The lowest BCUT2D eigenvalue weighted by molar-refractivity contribution is 0.135. The van der Waals surface area contributed by atoms with Gasteiger partial charge in [0.25, 0.3) is 0 Å². The molecule has 0 spiro atoms. The third-order valence-electron chi connectivity index (χ3n) is 0. The standard InChI is InChI=1S/4CH2O3.8FH/c4*2-1(3)4;;;;;;;;/h4*(H2,2,3,4);8*1H. The molecule has 12 nitrogen and oxygen atoms in total. The second kappa shape index (κ2) is 92.2. The average Bonchev–Trinajstić information content (AvgIpc) is 1.76. The fourth-order valence-corrected chi connectivity index (χ4v) is 0. The second-order valence-electron chi connectivity index (χ2n) is 1.13. The van der Waals surface area contributed by atoms with Crippen LogP contribution in [0.25, 0.3) is 0 Å². The van der Waals surface area contributed by atoms with Gasteiger partial charge in [0, 0.05) is 0 Å². The van der Waals surface area contributed by atoms with Crippen molar-refractivity contribution < 1.29 is 97.7 Å². The number of hydrogen-bond acceptors (Lipinski definition) is 4. The maximum absolute atomic E-state index is 8.56. The van der Waals surface area contributed by atoms with E-state index in [4.69, 9.17) is 60.0 Å². The lowest BCUT2D eigenvalue weighted by Gasteiger charge is -1.60. The molecule has 20 heteroatoms. The molecule has 8 N–H and O–H groups in total. The van der Waals surface area contributed by atoms with E-state index in [1.807, 2.05) is 0 Å². The molecule has 0 fully saturated rings. The van der Waals surface area contributed by atoms with Crippen LogP contribution in [0.2, 0.25) is 0 Å². The Balaban J connectivity index is -0.00000000720. The highest BCUT2D eigenvalue weighted by atomic mass is 19.0. The Morgan fingerprint density at radius 2 is 0.292 bits per heavy atom. The van der Waals surface area contributed by atoms with E-state index in [9.17, 15) is 0 Å². The molecule has 0 heterocycles. The van der Waals surface area contributed by atoms with Crippen LogP contribution in [0.4, 0.5) is 56.8 Å². The quantitative estimate of drug-likeness (QED) is 0.269. The van der Waals surface area contributed by atoms with Crippen LogP contribution in [-0.4, -0.2) is 65.5 Å². The molecule has 0 bridgehead atoms. The molecule has 0 rings (SSSR count). The van der Waals surface area contributed by atoms with Crippen molar-refractivity contribution in [3.63, 3.8) is 0 Å². The Hall–Kier alpha value is -3.48. The molecule has 0 unspecified atom stereocenters. The molecule has 0 atom stereocenters. The molecule has 24 heavy (non-hydrogen) atoms. The summed E-state index contributed by atoms with van der Waals surface area (Å²) < 4.78 is 0. The van der Waals surface area contributed by atoms with Crippen LogP contribution in [0.15, 0.2) is 0 Å². The Bertz CT molecular complexity index is 175. The highest BCUT2D eigenvalue weighted by Crippen LogP contribution is 1.44. The summed E-state index contributed by atoms with van der Waals surface area (Å²) in [6.45, 7) is 0. The van der Waals surface area contributed by atoms with E-state index in [2.05, 4.69) is 0 Å². The van der Waals surface area contributed by atoms with Crippen LogP contribution in [-0.2, 0) is 0 Å². The van der Waals surface area contributed by atoms with Crippen molar-refractivity contribution in [3.8, 4) is 0 Å². The molecule has 0 aliphatic carbocycles. The molecule has 0 saturated carbocycles. The molecular weight excluding hydrogens is 392 g/mol. The summed E-state index contributed by atoms with van der Waals surface area (Å²) in [4.78, 5) is 34.2. The first kappa shape index (κ1) is 108. The summed E-state index contributed by atoms with van der Waals surface area (Å²) in [5, 5.41) is 55.8. The van der Waals surface area contributed by atoms with Crippen LogP contribution >= 0.6 is 0 Å². The maximum atomic E-state index is 8.56. The molecule has 0 saturated heterocycles. The van der Waals surface area contributed by atoms with E-state index in [1.54, 1.807) is 0 Å². The Kier molecular flexibility index (Phi) is 414. The zero-order chi connectivity index (χ0) is 14.3. The minimum atomic E-state index is -1.83. The highest BCUT2D eigenvalue weighted by molar-refractivity contribution is 5.54. The van der Waals surface area contributed by atoms with E-state index in [-0.39, 0.29) is 37.6 Å². The first-order chi connectivity index (χ1) is 6.93. The molecule has 0 aliphatic rings. The lowest BCUT2D eigenvalue weighted by Crippen LogP contribution is -1.81. The van der Waals surface area contributed by atoms with Crippen molar-refractivity contribution in [1.29, 1.82) is 0 Å². The molecule has 0 aliphatic heterocycles. The first-order valence-corrected chi connectivity index (χ1v) is 2.61. The van der Waals surface area contributed by atoms with Gasteiger partial charge in [0.15, 0.2) is 0 Å². The fraction of sp³-hybridized carbons (Fsp3) is 0. The summed E-state index contributed by atoms with van der Waals surface area (Å²) in [5.41, 5.74) is 0. The van der Waals surface area contributed by atoms with Gasteiger partial charge in [0.05, 0.1) is 0 Å². The SMILES string of the molecule is F.F.F.F.F.F.F.F.O=C(O)O.O=C(O)O.O=C(O)O.O=C(O)O. The van der Waals surface area contributed by atoms with Crippen LogP contribution in [0.1, 0.15) is 0 Å². The second-order valence-corrected chi connectivity index (χ2v) is 1.13. The van der Waals surface area contributed by atoms with Crippen molar-refractivity contribution in [2.45, 2.75) is 0 Å². The van der Waals surface area contributed by atoms with Crippen LogP contribution in [0.3, 0.4) is 0 Å². The van der Waals surface area contributed by atoms with E-state index < -0.39 is 24.6 Å². The topological polar surface area (TPSA) is 230 Å². The van der Waals surface area contributed by atoms with Crippen LogP contribution < -0.4 is 0 Å². The van der Waals surface area contributed by atoms with Crippen molar-refractivity contribution in [2.75, 3.05) is 0 Å². The van der Waals surface area contributed by atoms with Gasteiger partial charge in [0.1, 0.15) is 0 Å². The van der Waals surface area contributed by atoms with Crippen molar-refractivity contribution in [3.05, 3.63) is 0 Å². The summed E-state index contributed by atoms with van der Waals surface area (Å²) in [7, 11) is 0. The minimum Gasteiger partial charge on any atom is -0.450 e. The van der Waals surface area contributed by atoms with Crippen LogP contribution in [0.5, 0.6) is 0 Å². The molecule has 0 aromatic heterocycles. The predicted molar refractivity (Wildman–Crippen MR) is 62.6 cm³/mol. The molecule has 160 valence electrons. The number of rotatable bonds is 0. The zero-order valence-electron chi connectivity index (χ0n) is 10.5. The Morgan fingerprint density at radius 1 is 0.292 bits per heavy atom. The highest BCUT2D eigenvalue weighted by Gasteiger charge is 1.71. The number of carbonyl (C=O) groups is 4. The average molecular weight is 408 g/mol. The van der Waals surface area contributed by atoms with E-state index >= 15 is 0 Å². The third kappa shape index (κ3) is 469. The van der Waals surface area contributed by atoms with Gasteiger partial charge in [-0.15, -0.1) is 0 Å². The van der Waals surface area contributed by atoms with E-state index in [0.717, 1.165) is 0 Å². The van der Waals surface area contributed by atoms with Gasteiger partial charge in [0.2, 0.25) is 0 Å². The van der Waals surface area contributed by atoms with E-state index in [0.29, 0.717) is 0 Å². The largest absolute Gasteiger partial charge is 0.503 e. The Labute approximate surface area is 124 Å². The minimum absolute atomic E-state index is 0. The van der Waals surface area contributed by atoms with Gasteiger partial charge in [-0.2, -0.15) is 0 Å². The summed E-state index contributed by atoms with van der Waals surface area (Å²) in [6, 6.07) is 0. The summed E-state index contributed by atoms with van der Waals surface area (Å²) >= 11 is 0. The maximum Gasteiger partial charge on any atom is 0.503 e. The van der Waals surface area contributed by atoms with Gasteiger partial charge in [-0.1, -0.05) is 0 Å². The number of hydrogen-bond donors (Lipinski definition) is 8. The van der Waals surface area contributed by atoms with Crippen molar-refractivity contribution >= 4 is 24.6 Å². The molecule has 0 aromatic carbocycles. The van der Waals surface area contributed by atoms with Gasteiger partial charge in [-0.05, 0) is 0 Å². The monoisotopic (exact) mass is 408 g/mol. The first-order valence-electron chi connectivity index (χ1n) is 2.61. The van der Waals surface area contributed by atoms with Gasteiger partial charge in [-0.3, -0.25) is 37.6 Å². The molecule has 0 radical (unpaired) electrons. The van der Waals surface area contributed by atoms with Crippen molar-refractivity contribution in [2.24, 2.45) is 0 Å². The van der Waals surface area contributed by atoms with E-state index in [1.165, 1.54) is 0 Å². The number of halogens is 8. The van der Waals surface area contributed by atoms with Gasteiger partial charge in [-0.25, -0.2) is 19.2 Å². The van der Waals surface area contributed by atoms with Gasteiger partial charge < -0.3 is 40.9 Å².